The zero-order valence-electron chi connectivity index (χ0n) is 18.0. The van der Waals surface area contributed by atoms with Gasteiger partial charge in [0, 0.05) is 5.69 Å². The fraction of sp³-hybridized carbons (Fsp3) is 0.280. The Kier molecular flexibility index (Phi) is 5.90. The third-order valence-electron chi connectivity index (χ3n) is 5.71. The van der Waals surface area contributed by atoms with Crippen LogP contribution in [0.5, 0.6) is 0 Å². The molecule has 0 saturated carbocycles. The SMILES string of the molecule is Cc1cc(C)cc(NC(=O)COC(=O)c2ccc(N3C(=O)[C@H]4CC=CC[C@H]4C3=O)cc2)c1. The molecule has 1 aliphatic carbocycles. The molecule has 164 valence electrons. The number of esters is 1. The molecule has 1 saturated heterocycles. The van der Waals surface area contributed by atoms with Gasteiger partial charge < -0.3 is 10.1 Å². The number of imide groups is 1. The number of allylic oxidation sites excluding steroid dienone is 2. The van der Waals surface area contributed by atoms with Crippen molar-refractivity contribution in [1.29, 1.82) is 0 Å². The minimum absolute atomic E-state index is 0.206. The van der Waals surface area contributed by atoms with Gasteiger partial charge in [0.25, 0.3) is 5.91 Å². The molecule has 1 fully saturated rings. The standard InChI is InChI=1S/C25H24N2O5/c1-15-11-16(2)13-18(12-15)26-22(28)14-32-25(31)17-7-9-19(10-8-17)27-23(29)20-5-3-4-6-21(20)24(27)30/h3-4,7-13,20-21H,5-6,14H2,1-2H3,(H,26,28)/t20-,21+. The molecule has 7 nitrogen and oxygen atoms in total. The number of rotatable bonds is 5. The lowest BCUT2D eigenvalue weighted by atomic mass is 9.85. The Balaban J connectivity index is 1.36. The maximum absolute atomic E-state index is 12.7. The van der Waals surface area contributed by atoms with Gasteiger partial charge >= 0.3 is 5.97 Å². The summed E-state index contributed by atoms with van der Waals surface area (Å²) in [4.78, 5) is 51.0. The van der Waals surface area contributed by atoms with Crippen LogP contribution in [0, 0.1) is 25.7 Å². The topological polar surface area (TPSA) is 92.8 Å². The van der Waals surface area contributed by atoms with Crippen LogP contribution in [-0.4, -0.2) is 30.3 Å². The summed E-state index contributed by atoms with van der Waals surface area (Å²) in [6, 6.07) is 11.7. The highest BCUT2D eigenvalue weighted by molar-refractivity contribution is 6.22. The molecular formula is C25H24N2O5. The summed E-state index contributed by atoms with van der Waals surface area (Å²) in [5, 5.41) is 2.71. The summed E-state index contributed by atoms with van der Waals surface area (Å²) >= 11 is 0. The van der Waals surface area contributed by atoms with Crippen molar-refractivity contribution in [1.82, 2.24) is 0 Å². The molecule has 1 aliphatic heterocycles. The Morgan fingerprint density at radius 2 is 1.50 bits per heavy atom. The van der Waals surface area contributed by atoms with Crippen LogP contribution in [0.4, 0.5) is 11.4 Å². The van der Waals surface area contributed by atoms with Crippen LogP contribution in [0.1, 0.15) is 34.3 Å². The molecule has 2 aromatic carbocycles. The molecule has 2 atom stereocenters. The van der Waals surface area contributed by atoms with Crippen LogP contribution in [0.3, 0.4) is 0 Å². The third-order valence-corrected chi connectivity index (χ3v) is 5.71. The van der Waals surface area contributed by atoms with E-state index in [0.717, 1.165) is 11.1 Å². The zero-order chi connectivity index (χ0) is 22.8. The van der Waals surface area contributed by atoms with Gasteiger partial charge in [0.15, 0.2) is 6.61 Å². The van der Waals surface area contributed by atoms with Gasteiger partial charge in [0.2, 0.25) is 11.8 Å². The molecule has 7 heteroatoms. The van der Waals surface area contributed by atoms with Crippen molar-refractivity contribution in [3.63, 3.8) is 0 Å². The second-order valence-electron chi connectivity index (χ2n) is 8.22. The Bertz CT molecular complexity index is 1070. The van der Waals surface area contributed by atoms with E-state index in [9.17, 15) is 19.2 Å². The Labute approximate surface area is 186 Å². The largest absolute Gasteiger partial charge is 0.452 e. The van der Waals surface area contributed by atoms with E-state index in [4.69, 9.17) is 4.74 Å². The molecule has 0 bridgehead atoms. The van der Waals surface area contributed by atoms with Crippen molar-refractivity contribution in [2.45, 2.75) is 26.7 Å². The summed E-state index contributed by atoms with van der Waals surface area (Å²) < 4.78 is 5.10. The number of carbonyl (C=O) groups excluding carboxylic acids is 4. The highest BCUT2D eigenvalue weighted by Gasteiger charge is 2.47. The summed E-state index contributed by atoms with van der Waals surface area (Å²) in [6.45, 7) is 3.44. The first-order valence-corrected chi connectivity index (χ1v) is 10.5. The van der Waals surface area contributed by atoms with Crippen LogP contribution in [0.2, 0.25) is 0 Å². The van der Waals surface area contributed by atoms with E-state index in [-0.39, 0.29) is 29.2 Å². The highest BCUT2D eigenvalue weighted by atomic mass is 16.5. The van der Waals surface area contributed by atoms with E-state index in [1.807, 2.05) is 44.2 Å². The lowest BCUT2D eigenvalue weighted by molar-refractivity contribution is -0.122. The third kappa shape index (κ3) is 4.32. The Morgan fingerprint density at radius 1 is 0.938 bits per heavy atom. The first kappa shape index (κ1) is 21.5. The maximum atomic E-state index is 12.7. The van der Waals surface area contributed by atoms with Crippen LogP contribution in [0.25, 0.3) is 0 Å². The number of carbonyl (C=O) groups is 4. The van der Waals surface area contributed by atoms with Crippen molar-refractivity contribution in [3.05, 3.63) is 71.3 Å². The van der Waals surface area contributed by atoms with Crippen molar-refractivity contribution >= 4 is 35.1 Å². The van der Waals surface area contributed by atoms with Gasteiger partial charge in [-0.05, 0) is 74.2 Å². The quantitative estimate of drug-likeness (QED) is 0.443. The number of fused-ring (bicyclic) bond motifs is 1. The first-order valence-electron chi connectivity index (χ1n) is 10.5. The second kappa shape index (κ2) is 8.78. The van der Waals surface area contributed by atoms with Gasteiger partial charge in [-0.3, -0.25) is 19.3 Å². The van der Waals surface area contributed by atoms with E-state index >= 15 is 0 Å². The van der Waals surface area contributed by atoms with Crippen LogP contribution in [-0.2, 0) is 19.1 Å². The number of hydrogen-bond donors (Lipinski definition) is 1. The van der Waals surface area contributed by atoms with Gasteiger partial charge in [0.05, 0.1) is 23.1 Å². The average molecular weight is 432 g/mol. The van der Waals surface area contributed by atoms with Crippen molar-refractivity contribution in [2.75, 3.05) is 16.8 Å². The van der Waals surface area contributed by atoms with Gasteiger partial charge in [-0.25, -0.2) is 4.79 Å². The number of ether oxygens (including phenoxy) is 1. The van der Waals surface area contributed by atoms with Crippen molar-refractivity contribution < 1.29 is 23.9 Å². The van der Waals surface area contributed by atoms with E-state index in [1.54, 1.807) is 12.1 Å². The molecule has 2 aliphatic rings. The predicted molar refractivity (Wildman–Crippen MR) is 119 cm³/mol. The number of aryl methyl sites for hydroxylation is 2. The fourth-order valence-electron chi connectivity index (χ4n) is 4.26. The van der Waals surface area contributed by atoms with E-state index in [0.29, 0.717) is 24.2 Å². The number of anilines is 2. The molecule has 0 unspecified atom stereocenters. The number of hydrogen-bond acceptors (Lipinski definition) is 5. The molecule has 1 heterocycles. The molecule has 0 radical (unpaired) electrons. The Morgan fingerprint density at radius 3 is 2.06 bits per heavy atom. The molecular weight excluding hydrogens is 408 g/mol. The van der Waals surface area contributed by atoms with Gasteiger partial charge in [-0.2, -0.15) is 0 Å². The number of nitrogens with zero attached hydrogens (tertiary/aromatic N) is 1. The summed E-state index contributed by atoms with van der Waals surface area (Å²) in [5.41, 5.74) is 3.33. The molecule has 3 amide bonds. The average Bonchev–Trinajstić information content (AvgIpc) is 3.02. The molecule has 2 aromatic rings. The lowest BCUT2D eigenvalue weighted by Crippen LogP contribution is -2.30. The number of nitrogens with one attached hydrogen (secondary N) is 1. The fourth-order valence-corrected chi connectivity index (χ4v) is 4.26. The minimum Gasteiger partial charge on any atom is -0.452 e. The summed E-state index contributed by atoms with van der Waals surface area (Å²) in [5.74, 6) is -2.14. The van der Waals surface area contributed by atoms with Crippen molar-refractivity contribution in [2.24, 2.45) is 11.8 Å². The molecule has 1 N–H and O–H groups in total. The zero-order valence-corrected chi connectivity index (χ0v) is 18.0. The van der Waals surface area contributed by atoms with Crippen molar-refractivity contribution in [3.8, 4) is 0 Å². The highest BCUT2D eigenvalue weighted by Crippen LogP contribution is 2.37. The van der Waals surface area contributed by atoms with E-state index < -0.39 is 18.5 Å². The monoisotopic (exact) mass is 432 g/mol. The van der Waals surface area contributed by atoms with Crippen LogP contribution >= 0.6 is 0 Å². The molecule has 32 heavy (non-hydrogen) atoms. The molecule has 0 spiro atoms. The maximum Gasteiger partial charge on any atom is 0.338 e. The predicted octanol–water partition coefficient (Wildman–Crippen LogP) is 3.55. The van der Waals surface area contributed by atoms with Gasteiger partial charge in [-0.15, -0.1) is 0 Å². The smallest absolute Gasteiger partial charge is 0.338 e. The van der Waals surface area contributed by atoms with E-state index in [2.05, 4.69) is 5.32 Å². The van der Waals surface area contributed by atoms with Crippen LogP contribution in [0.15, 0.2) is 54.6 Å². The first-order chi connectivity index (χ1) is 15.3. The second-order valence-corrected chi connectivity index (χ2v) is 8.22. The lowest BCUT2D eigenvalue weighted by Gasteiger charge is -2.15. The van der Waals surface area contributed by atoms with Gasteiger partial charge in [-0.1, -0.05) is 18.2 Å². The Hall–Kier alpha value is -3.74. The molecule has 0 aromatic heterocycles. The number of amides is 3. The normalized spacial score (nSPS) is 19.6. The summed E-state index contributed by atoms with van der Waals surface area (Å²) in [7, 11) is 0. The van der Waals surface area contributed by atoms with E-state index in [1.165, 1.54) is 17.0 Å². The van der Waals surface area contributed by atoms with Crippen LogP contribution < -0.4 is 10.2 Å². The summed E-state index contributed by atoms with van der Waals surface area (Å²) in [6.07, 6.45) is 5.01. The van der Waals surface area contributed by atoms with Gasteiger partial charge in [0.1, 0.15) is 0 Å². The minimum atomic E-state index is -0.663. The molecule has 4 rings (SSSR count). The number of benzene rings is 2.